The first-order chi connectivity index (χ1) is 19.3. The normalized spacial score (nSPS) is 12.1. The van der Waals surface area contributed by atoms with Crippen molar-refractivity contribution in [3.8, 4) is 11.3 Å². The molecule has 1 atom stereocenters. The number of amidine groups is 1. The minimum Gasteiger partial charge on any atom is -0.357 e. The number of hydrogen-bond acceptors (Lipinski definition) is 5. The van der Waals surface area contributed by atoms with Crippen molar-refractivity contribution in [3.63, 3.8) is 0 Å². The second-order valence-electron chi connectivity index (χ2n) is 9.69. The van der Waals surface area contributed by atoms with E-state index in [-0.39, 0.29) is 23.3 Å². The van der Waals surface area contributed by atoms with Gasteiger partial charge in [0.15, 0.2) is 11.7 Å². The number of benzene rings is 2. The van der Waals surface area contributed by atoms with Gasteiger partial charge in [-0.1, -0.05) is 50.3 Å². The lowest BCUT2D eigenvalue weighted by Crippen LogP contribution is -2.45. The molecule has 0 radical (unpaired) electrons. The zero-order chi connectivity index (χ0) is 29.2. The SMILES string of the molecule is C=CCCN(C(=NC)c1nc(C)c(-c2ccccc2F)nc1N(C=O)c1ccccc1C(C)C)C(C)CNC=O. The molecule has 2 aromatic carbocycles. The summed E-state index contributed by atoms with van der Waals surface area (Å²) in [4.78, 5) is 41.7. The molecule has 3 rings (SSSR count). The van der Waals surface area contributed by atoms with Crippen LogP contribution in [0.25, 0.3) is 11.3 Å². The first kappa shape index (κ1) is 30.1. The van der Waals surface area contributed by atoms with E-state index in [2.05, 4.69) is 16.9 Å². The number of anilines is 2. The Morgan fingerprint density at radius 3 is 2.42 bits per heavy atom. The lowest BCUT2D eigenvalue weighted by Gasteiger charge is -2.33. The maximum absolute atomic E-state index is 15.0. The van der Waals surface area contributed by atoms with Gasteiger partial charge in [0.05, 0.1) is 17.1 Å². The van der Waals surface area contributed by atoms with E-state index < -0.39 is 5.82 Å². The minimum atomic E-state index is -0.440. The van der Waals surface area contributed by atoms with Crippen molar-refractivity contribution in [1.82, 2.24) is 20.2 Å². The molecule has 0 aliphatic carbocycles. The summed E-state index contributed by atoms with van der Waals surface area (Å²) in [7, 11) is 1.65. The van der Waals surface area contributed by atoms with E-state index in [0.717, 1.165) is 5.56 Å². The monoisotopic (exact) mass is 544 g/mol. The molecule has 9 heteroatoms. The Labute approximate surface area is 235 Å². The predicted octanol–water partition coefficient (Wildman–Crippen LogP) is 5.40. The Hall–Kier alpha value is -4.40. The molecule has 40 heavy (non-hydrogen) atoms. The molecule has 0 saturated heterocycles. The molecular weight excluding hydrogens is 507 g/mol. The molecule has 3 aromatic rings. The fourth-order valence-corrected chi connectivity index (χ4v) is 4.62. The summed E-state index contributed by atoms with van der Waals surface area (Å²) >= 11 is 0. The predicted molar refractivity (Wildman–Crippen MR) is 158 cm³/mol. The third kappa shape index (κ3) is 6.59. The Bertz CT molecular complexity index is 1370. The van der Waals surface area contributed by atoms with Gasteiger partial charge in [-0.05, 0) is 49.9 Å². The largest absolute Gasteiger partial charge is 0.357 e. The Kier molecular flexibility index (Phi) is 10.6. The average molecular weight is 545 g/mol. The van der Waals surface area contributed by atoms with Crippen molar-refractivity contribution in [3.05, 3.63) is 84.0 Å². The van der Waals surface area contributed by atoms with E-state index in [4.69, 9.17) is 9.97 Å². The summed E-state index contributed by atoms with van der Waals surface area (Å²) in [6.45, 7) is 12.6. The van der Waals surface area contributed by atoms with Crippen molar-refractivity contribution in [2.75, 3.05) is 25.0 Å². The number of hydrogen-bond donors (Lipinski definition) is 1. The smallest absolute Gasteiger partial charge is 0.219 e. The van der Waals surface area contributed by atoms with Crippen molar-refractivity contribution in [1.29, 1.82) is 0 Å². The first-order valence-corrected chi connectivity index (χ1v) is 13.3. The molecule has 1 N–H and O–H groups in total. The lowest BCUT2D eigenvalue weighted by molar-refractivity contribution is -0.109. The maximum Gasteiger partial charge on any atom is 0.219 e. The third-order valence-corrected chi connectivity index (χ3v) is 6.63. The number of carbonyl (C=O) groups is 2. The van der Waals surface area contributed by atoms with Gasteiger partial charge in [0.1, 0.15) is 11.5 Å². The molecule has 0 aliphatic heterocycles. The van der Waals surface area contributed by atoms with Gasteiger partial charge in [0.25, 0.3) is 0 Å². The maximum atomic E-state index is 15.0. The van der Waals surface area contributed by atoms with Crippen LogP contribution in [-0.2, 0) is 9.59 Å². The Morgan fingerprint density at radius 2 is 1.80 bits per heavy atom. The number of aliphatic imine (C=N–C) groups is 1. The third-order valence-electron chi connectivity index (χ3n) is 6.63. The zero-order valence-electron chi connectivity index (χ0n) is 23.8. The quantitative estimate of drug-likeness (QED) is 0.135. The van der Waals surface area contributed by atoms with Crippen molar-refractivity contribution < 1.29 is 14.0 Å². The fraction of sp³-hybridized carbons (Fsp3) is 0.323. The van der Waals surface area contributed by atoms with Crippen LogP contribution in [-0.4, -0.2) is 59.7 Å². The highest BCUT2D eigenvalue weighted by atomic mass is 19.1. The Morgan fingerprint density at radius 1 is 1.10 bits per heavy atom. The molecule has 0 bridgehead atoms. The molecule has 210 valence electrons. The summed E-state index contributed by atoms with van der Waals surface area (Å²) in [6, 6.07) is 13.8. The number of carbonyl (C=O) groups excluding carboxylic acids is 2. The molecular formula is C31H37FN6O2. The van der Waals surface area contributed by atoms with Crippen LogP contribution in [0.5, 0.6) is 0 Å². The van der Waals surface area contributed by atoms with Crippen LogP contribution in [0.3, 0.4) is 0 Å². The van der Waals surface area contributed by atoms with Crippen LogP contribution in [0.15, 0.2) is 66.2 Å². The molecule has 1 heterocycles. The average Bonchev–Trinajstić information content (AvgIpc) is 2.95. The van der Waals surface area contributed by atoms with Gasteiger partial charge < -0.3 is 10.2 Å². The van der Waals surface area contributed by atoms with Crippen LogP contribution in [0.4, 0.5) is 15.9 Å². The topological polar surface area (TPSA) is 90.8 Å². The summed E-state index contributed by atoms with van der Waals surface area (Å²) in [6.07, 6.45) is 3.80. The number of amides is 2. The van der Waals surface area contributed by atoms with Gasteiger partial charge in [-0.3, -0.25) is 19.5 Å². The number of para-hydroxylation sites is 1. The van der Waals surface area contributed by atoms with Crippen LogP contribution in [0.1, 0.15) is 50.1 Å². The van der Waals surface area contributed by atoms with Crippen LogP contribution in [0.2, 0.25) is 0 Å². The molecule has 0 saturated carbocycles. The highest BCUT2D eigenvalue weighted by molar-refractivity contribution is 6.05. The second-order valence-corrected chi connectivity index (χ2v) is 9.69. The Balaban J connectivity index is 2.34. The zero-order valence-corrected chi connectivity index (χ0v) is 23.8. The number of aryl methyl sites for hydroxylation is 1. The van der Waals surface area contributed by atoms with Crippen LogP contribution < -0.4 is 10.2 Å². The van der Waals surface area contributed by atoms with Crippen molar-refractivity contribution in [2.24, 2.45) is 4.99 Å². The van der Waals surface area contributed by atoms with E-state index >= 15 is 0 Å². The highest BCUT2D eigenvalue weighted by Crippen LogP contribution is 2.35. The molecule has 8 nitrogen and oxygen atoms in total. The number of aromatic nitrogens is 2. The summed E-state index contributed by atoms with van der Waals surface area (Å²) in [5, 5.41) is 2.73. The van der Waals surface area contributed by atoms with E-state index in [9.17, 15) is 14.0 Å². The number of rotatable bonds is 13. The number of nitrogens with zero attached hydrogens (tertiary/aromatic N) is 5. The molecule has 1 aromatic heterocycles. The summed E-state index contributed by atoms with van der Waals surface area (Å²) in [5.41, 5.74) is 3.05. The van der Waals surface area contributed by atoms with Gasteiger partial charge in [-0.25, -0.2) is 14.4 Å². The molecule has 0 spiro atoms. The van der Waals surface area contributed by atoms with Gasteiger partial charge in [0, 0.05) is 31.7 Å². The molecule has 2 amide bonds. The van der Waals surface area contributed by atoms with E-state index in [1.807, 2.05) is 49.9 Å². The van der Waals surface area contributed by atoms with Gasteiger partial charge >= 0.3 is 0 Å². The van der Waals surface area contributed by atoms with Crippen molar-refractivity contribution >= 4 is 30.2 Å². The van der Waals surface area contributed by atoms with Gasteiger partial charge in [-0.15, -0.1) is 6.58 Å². The fourth-order valence-electron chi connectivity index (χ4n) is 4.62. The van der Waals surface area contributed by atoms with Gasteiger partial charge in [-0.2, -0.15) is 0 Å². The molecule has 0 fully saturated rings. The van der Waals surface area contributed by atoms with Crippen LogP contribution in [0, 0.1) is 12.7 Å². The lowest BCUT2D eigenvalue weighted by atomic mass is 10.0. The molecule has 0 aliphatic rings. The van der Waals surface area contributed by atoms with Crippen LogP contribution >= 0.6 is 0 Å². The summed E-state index contributed by atoms with van der Waals surface area (Å²) < 4.78 is 15.0. The first-order valence-electron chi connectivity index (χ1n) is 13.3. The number of nitrogens with one attached hydrogen (secondary N) is 1. The standard InChI is InChI=1S/C31H37FN6O2/c1-7-8-17-37(22(4)18-34-19-39)30(33-6)29-31(38(20-40)27-16-12-10-13-24(27)21(2)3)36-28(23(5)35-29)25-14-9-11-15-26(25)32/h7,9-16,19-22H,1,8,17-18H2,2-6H3,(H,34,39). The van der Waals surface area contributed by atoms with E-state index in [0.29, 0.717) is 60.9 Å². The van der Waals surface area contributed by atoms with E-state index in [1.165, 1.54) is 11.0 Å². The van der Waals surface area contributed by atoms with E-state index in [1.54, 1.807) is 38.2 Å². The highest BCUT2D eigenvalue weighted by Gasteiger charge is 2.29. The second kappa shape index (κ2) is 14.1. The number of halogens is 1. The minimum absolute atomic E-state index is 0.115. The van der Waals surface area contributed by atoms with Gasteiger partial charge in [0.2, 0.25) is 12.8 Å². The van der Waals surface area contributed by atoms with Crippen molar-refractivity contribution in [2.45, 2.75) is 46.1 Å². The molecule has 1 unspecified atom stereocenters. The summed E-state index contributed by atoms with van der Waals surface area (Å²) in [5.74, 6) is 0.391.